The van der Waals surface area contributed by atoms with E-state index in [0.717, 1.165) is 5.56 Å². The minimum Gasteiger partial charge on any atom is -0.453 e. The maximum absolute atomic E-state index is 14.3. The maximum atomic E-state index is 14.3. The molecular formula is C21H14ClF4N3O2. The lowest BCUT2D eigenvalue weighted by Crippen LogP contribution is -2.16. The molecule has 0 fully saturated rings. The van der Waals surface area contributed by atoms with E-state index in [-0.39, 0.29) is 12.4 Å². The van der Waals surface area contributed by atoms with Crippen molar-refractivity contribution in [2.45, 2.75) is 12.2 Å². The van der Waals surface area contributed by atoms with E-state index in [4.69, 9.17) is 16.3 Å². The van der Waals surface area contributed by atoms with Crippen molar-refractivity contribution < 1.29 is 27.4 Å². The van der Waals surface area contributed by atoms with Crippen LogP contribution in [0, 0.1) is 5.82 Å². The number of ether oxygens (including phenoxy) is 1. The average molecular weight is 452 g/mol. The smallest absolute Gasteiger partial charge is 0.416 e. The van der Waals surface area contributed by atoms with Crippen LogP contribution in [-0.2, 0) is 6.18 Å². The summed E-state index contributed by atoms with van der Waals surface area (Å²) in [6, 6.07) is 14.0. The predicted molar refractivity (Wildman–Crippen MR) is 106 cm³/mol. The highest BCUT2D eigenvalue weighted by molar-refractivity contribution is 6.32. The lowest BCUT2D eigenvalue weighted by Gasteiger charge is -2.16. The molecule has 1 N–H and O–H groups in total. The molecule has 1 atom stereocenters. The quantitative estimate of drug-likeness (QED) is 0.400. The van der Waals surface area contributed by atoms with E-state index in [9.17, 15) is 22.7 Å². The van der Waals surface area contributed by atoms with Crippen LogP contribution >= 0.6 is 11.6 Å². The van der Waals surface area contributed by atoms with Gasteiger partial charge in [0.2, 0.25) is 0 Å². The molecule has 0 bridgehead atoms. The van der Waals surface area contributed by atoms with Gasteiger partial charge in [-0.2, -0.15) is 13.2 Å². The highest BCUT2D eigenvalue weighted by atomic mass is 35.5. The van der Waals surface area contributed by atoms with Crippen molar-refractivity contribution >= 4 is 22.6 Å². The Morgan fingerprint density at radius 3 is 2.45 bits per heavy atom. The minimum atomic E-state index is -4.74. The Bertz CT molecular complexity index is 1210. The lowest BCUT2D eigenvalue weighted by atomic mass is 10.1. The first kappa shape index (κ1) is 21.1. The van der Waals surface area contributed by atoms with E-state index in [1.165, 1.54) is 16.8 Å². The summed E-state index contributed by atoms with van der Waals surface area (Å²) in [7, 11) is 0. The summed E-state index contributed by atoms with van der Waals surface area (Å²) in [5, 5.41) is 17.5. The third-order valence-corrected chi connectivity index (χ3v) is 4.92. The van der Waals surface area contributed by atoms with Gasteiger partial charge in [0.15, 0.2) is 11.6 Å². The molecule has 1 aromatic heterocycles. The van der Waals surface area contributed by atoms with Gasteiger partial charge in [-0.25, -0.2) is 9.07 Å². The van der Waals surface area contributed by atoms with Gasteiger partial charge < -0.3 is 9.84 Å². The monoisotopic (exact) mass is 451 g/mol. The van der Waals surface area contributed by atoms with Crippen molar-refractivity contribution in [2.75, 3.05) is 6.61 Å². The van der Waals surface area contributed by atoms with Crippen LogP contribution in [0.1, 0.15) is 17.2 Å². The highest BCUT2D eigenvalue weighted by Crippen LogP contribution is 2.39. The molecule has 0 aliphatic carbocycles. The van der Waals surface area contributed by atoms with Crippen LogP contribution in [0.5, 0.6) is 11.5 Å². The van der Waals surface area contributed by atoms with Gasteiger partial charge in [-0.05, 0) is 29.8 Å². The second-order valence-electron chi connectivity index (χ2n) is 6.66. The summed E-state index contributed by atoms with van der Waals surface area (Å²) in [6.45, 7) is -0.257. The first-order valence-electron chi connectivity index (χ1n) is 9.03. The van der Waals surface area contributed by atoms with Gasteiger partial charge >= 0.3 is 6.18 Å². The van der Waals surface area contributed by atoms with Crippen LogP contribution in [0.3, 0.4) is 0 Å². The number of fused-ring (bicyclic) bond motifs is 1. The fourth-order valence-corrected chi connectivity index (χ4v) is 3.39. The Morgan fingerprint density at radius 2 is 1.81 bits per heavy atom. The largest absolute Gasteiger partial charge is 0.453 e. The van der Waals surface area contributed by atoms with Gasteiger partial charge in [0.1, 0.15) is 17.3 Å². The van der Waals surface area contributed by atoms with E-state index in [2.05, 4.69) is 10.3 Å². The zero-order chi connectivity index (χ0) is 22.2. The van der Waals surface area contributed by atoms with Crippen molar-refractivity contribution in [3.8, 4) is 11.5 Å². The second kappa shape index (κ2) is 8.16. The number of alkyl halides is 3. The molecule has 3 aromatic carbocycles. The Balaban J connectivity index is 1.72. The molecule has 0 saturated heterocycles. The molecule has 5 nitrogen and oxygen atoms in total. The third-order valence-electron chi connectivity index (χ3n) is 4.64. The number of hydrogen-bond donors (Lipinski definition) is 1. The molecule has 0 aliphatic heterocycles. The summed E-state index contributed by atoms with van der Waals surface area (Å²) >= 11 is 5.84. The topological polar surface area (TPSA) is 60.2 Å². The number of benzene rings is 3. The number of hydrogen-bond acceptors (Lipinski definition) is 4. The molecule has 1 heterocycles. The molecule has 0 spiro atoms. The van der Waals surface area contributed by atoms with Gasteiger partial charge in [0.25, 0.3) is 0 Å². The normalized spacial score (nSPS) is 12.8. The molecule has 0 saturated carbocycles. The van der Waals surface area contributed by atoms with E-state index in [1.54, 1.807) is 6.07 Å². The van der Waals surface area contributed by atoms with Crippen molar-refractivity contribution in [1.29, 1.82) is 0 Å². The summed E-state index contributed by atoms with van der Waals surface area (Å²) in [4.78, 5) is 0. The molecule has 160 valence electrons. The van der Waals surface area contributed by atoms with Crippen molar-refractivity contribution in [3.63, 3.8) is 0 Å². The zero-order valence-corrected chi connectivity index (χ0v) is 16.4. The molecular weight excluding hydrogens is 438 g/mol. The van der Waals surface area contributed by atoms with Crippen LogP contribution in [0.25, 0.3) is 11.0 Å². The van der Waals surface area contributed by atoms with Gasteiger partial charge in [-0.3, -0.25) is 0 Å². The highest BCUT2D eigenvalue weighted by Gasteiger charge is 2.32. The fraction of sp³-hybridized carbons (Fsp3) is 0.143. The molecule has 10 heteroatoms. The molecule has 0 aliphatic rings. The van der Waals surface area contributed by atoms with E-state index in [1.807, 2.05) is 30.3 Å². The number of aromatic nitrogens is 3. The van der Waals surface area contributed by atoms with E-state index in [0.29, 0.717) is 23.2 Å². The predicted octanol–water partition coefficient (Wildman–Crippen LogP) is 5.62. The van der Waals surface area contributed by atoms with Gasteiger partial charge in [0, 0.05) is 6.07 Å². The molecule has 1 unspecified atom stereocenters. The number of halogens is 5. The maximum Gasteiger partial charge on any atom is 0.416 e. The second-order valence-corrected chi connectivity index (χ2v) is 7.07. The van der Waals surface area contributed by atoms with Crippen molar-refractivity contribution in [1.82, 2.24) is 15.0 Å². The minimum absolute atomic E-state index is 0.112. The van der Waals surface area contributed by atoms with Gasteiger partial charge in [-0.1, -0.05) is 47.1 Å². The Kier molecular flexibility index (Phi) is 5.55. The summed E-state index contributed by atoms with van der Waals surface area (Å²) in [5.41, 5.74) is 0.540. The van der Waals surface area contributed by atoms with Crippen LogP contribution in [-0.4, -0.2) is 26.7 Å². The first-order chi connectivity index (χ1) is 14.8. The molecule has 4 rings (SSSR count). The lowest BCUT2D eigenvalue weighted by molar-refractivity contribution is -0.137. The standard InChI is InChI=1S/C21H14ClF4N3O2/c22-15-8-13(21(24,25)26)9-16(23)20(15)31-14-6-7-17-18(10-14)29(28-27-17)19(11-30)12-4-2-1-3-5-12/h1-10,19,30H,11H2. The summed E-state index contributed by atoms with van der Waals surface area (Å²) in [5.74, 6) is -1.67. The zero-order valence-electron chi connectivity index (χ0n) is 15.6. The first-order valence-corrected chi connectivity index (χ1v) is 9.40. The van der Waals surface area contributed by atoms with Gasteiger partial charge in [0.05, 0.1) is 22.7 Å². The van der Waals surface area contributed by atoms with E-state index >= 15 is 0 Å². The fourth-order valence-electron chi connectivity index (χ4n) is 3.15. The Labute approximate surface area is 178 Å². The average Bonchev–Trinajstić information content (AvgIpc) is 3.14. The number of rotatable bonds is 5. The summed E-state index contributed by atoms with van der Waals surface area (Å²) < 4.78 is 59.7. The SMILES string of the molecule is OCC(c1ccccc1)n1nnc2ccc(Oc3c(F)cc(C(F)(F)F)cc3Cl)cc21. The van der Waals surface area contributed by atoms with Gasteiger partial charge in [-0.15, -0.1) is 5.10 Å². The Hall–Kier alpha value is -3.17. The Morgan fingerprint density at radius 1 is 1.06 bits per heavy atom. The number of aliphatic hydroxyl groups excluding tert-OH is 1. The van der Waals surface area contributed by atoms with Crippen molar-refractivity contribution in [3.05, 3.63) is 82.6 Å². The number of aliphatic hydroxyl groups is 1. The molecule has 4 aromatic rings. The van der Waals surface area contributed by atoms with Crippen LogP contribution in [0.2, 0.25) is 5.02 Å². The van der Waals surface area contributed by atoms with Crippen LogP contribution in [0.15, 0.2) is 60.7 Å². The molecule has 0 radical (unpaired) electrons. The van der Waals surface area contributed by atoms with Crippen LogP contribution < -0.4 is 4.74 Å². The number of nitrogens with zero attached hydrogens (tertiary/aromatic N) is 3. The van der Waals surface area contributed by atoms with Crippen LogP contribution in [0.4, 0.5) is 17.6 Å². The van der Waals surface area contributed by atoms with Crippen molar-refractivity contribution in [2.24, 2.45) is 0 Å². The van der Waals surface area contributed by atoms with E-state index < -0.39 is 34.4 Å². The summed E-state index contributed by atoms with van der Waals surface area (Å²) in [6.07, 6.45) is -4.74. The molecule has 0 amide bonds. The third kappa shape index (κ3) is 4.19. The molecule has 31 heavy (non-hydrogen) atoms.